The summed E-state index contributed by atoms with van der Waals surface area (Å²) in [7, 11) is 0. The maximum atomic E-state index is 13.6. The highest BCUT2D eigenvalue weighted by atomic mass is 32.1. The lowest BCUT2D eigenvalue weighted by Gasteiger charge is -2.22. The summed E-state index contributed by atoms with van der Waals surface area (Å²) in [5.41, 5.74) is 6.02. The van der Waals surface area contributed by atoms with E-state index in [1.165, 1.54) is 21.8 Å². The topological polar surface area (TPSA) is 40.6 Å². The Morgan fingerprint density at radius 3 is 2.48 bits per heavy atom. The van der Waals surface area contributed by atoms with Crippen LogP contribution in [0.15, 0.2) is 65.7 Å². The van der Waals surface area contributed by atoms with Crippen LogP contribution in [0, 0.1) is 13.8 Å². The van der Waals surface area contributed by atoms with Crippen molar-refractivity contribution in [3.8, 4) is 0 Å². The number of carbonyl (C=O) groups is 2. The van der Waals surface area contributed by atoms with E-state index in [4.69, 9.17) is 0 Å². The molecule has 1 aromatic heterocycles. The van der Waals surface area contributed by atoms with Crippen LogP contribution < -0.4 is 9.80 Å². The molecule has 2 aliphatic rings. The minimum Gasteiger partial charge on any atom is -0.336 e. The van der Waals surface area contributed by atoms with Gasteiger partial charge in [0, 0.05) is 17.1 Å². The Labute approximate surface area is 173 Å². The van der Waals surface area contributed by atoms with Crippen molar-refractivity contribution < 1.29 is 9.59 Å². The highest BCUT2D eigenvalue weighted by Gasteiger charge is 2.44. The van der Waals surface area contributed by atoms with Gasteiger partial charge >= 0.3 is 0 Å². The molecule has 0 bridgehead atoms. The van der Waals surface area contributed by atoms with Gasteiger partial charge in [-0.05, 0) is 66.6 Å². The Balaban J connectivity index is 1.67. The van der Waals surface area contributed by atoms with Gasteiger partial charge in [0.2, 0.25) is 0 Å². The Morgan fingerprint density at radius 1 is 0.897 bits per heavy atom. The number of anilines is 2. The molecule has 2 aromatic carbocycles. The van der Waals surface area contributed by atoms with Crippen molar-refractivity contribution >= 4 is 40.1 Å². The molecule has 0 spiro atoms. The van der Waals surface area contributed by atoms with Gasteiger partial charge in [-0.1, -0.05) is 30.3 Å². The van der Waals surface area contributed by atoms with Gasteiger partial charge in [0.1, 0.15) is 5.70 Å². The van der Waals surface area contributed by atoms with Crippen molar-refractivity contribution in [1.29, 1.82) is 0 Å². The van der Waals surface area contributed by atoms with E-state index in [-0.39, 0.29) is 11.8 Å². The van der Waals surface area contributed by atoms with Crippen LogP contribution in [0.2, 0.25) is 0 Å². The summed E-state index contributed by atoms with van der Waals surface area (Å²) < 4.78 is 0. The number of nitrogens with zero attached hydrogens (tertiary/aromatic N) is 2. The van der Waals surface area contributed by atoms with Crippen molar-refractivity contribution in [2.45, 2.75) is 20.3 Å². The third-order valence-electron chi connectivity index (χ3n) is 5.73. The number of amides is 2. The van der Waals surface area contributed by atoms with Gasteiger partial charge < -0.3 is 4.90 Å². The minimum absolute atomic E-state index is 0.250. The summed E-state index contributed by atoms with van der Waals surface area (Å²) in [4.78, 5) is 31.3. The van der Waals surface area contributed by atoms with Crippen molar-refractivity contribution in [2.75, 3.05) is 16.3 Å². The normalized spacial score (nSPS) is 16.2. The van der Waals surface area contributed by atoms with Gasteiger partial charge in [-0.15, -0.1) is 11.3 Å². The first-order valence-corrected chi connectivity index (χ1v) is 10.5. The Hall–Kier alpha value is -3.18. The molecule has 4 nitrogen and oxygen atoms in total. The number of fused-ring (bicyclic) bond motifs is 1. The molecule has 3 heterocycles. The largest absolute Gasteiger partial charge is 0.336 e. The van der Waals surface area contributed by atoms with E-state index in [0.717, 1.165) is 28.1 Å². The van der Waals surface area contributed by atoms with E-state index in [1.54, 1.807) is 0 Å². The van der Waals surface area contributed by atoms with Gasteiger partial charge in [-0.3, -0.25) is 9.59 Å². The molecule has 0 aliphatic carbocycles. The van der Waals surface area contributed by atoms with Crippen LogP contribution in [0.25, 0.3) is 5.57 Å². The predicted octanol–water partition coefficient (Wildman–Crippen LogP) is 4.71. The van der Waals surface area contributed by atoms with Crippen molar-refractivity contribution in [1.82, 2.24) is 0 Å². The number of imide groups is 1. The second-order valence-corrected chi connectivity index (χ2v) is 8.39. The summed E-state index contributed by atoms with van der Waals surface area (Å²) in [6, 6.07) is 17.7. The first kappa shape index (κ1) is 17.9. The zero-order valence-corrected chi connectivity index (χ0v) is 17.1. The smallest absolute Gasteiger partial charge is 0.282 e. The second-order valence-electron chi connectivity index (χ2n) is 7.45. The molecule has 29 heavy (non-hydrogen) atoms. The third kappa shape index (κ3) is 2.73. The number of para-hydroxylation sites is 1. The molecule has 3 aromatic rings. The number of thiophene rings is 1. The molecular formula is C24H20N2O2S. The Bertz CT molecular complexity index is 1180. The number of carbonyl (C=O) groups excluding carboxylic acids is 2. The average molecular weight is 401 g/mol. The molecule has 2 aliphatic heterocycles. The summed E-state index contributed by atoms with van der Waals surface area (Å²) >= 11 is 1.49. The monoisotopic (exact) mass is 400 g/mol. The summed E-state index contributed by atoms with van der Waals surface area (Å²) in [5.74, 6) is -0.501. The predicted molar refractivity (Wildman–Crippen MR) is 117 cm³/mol. The van der Waals surface area contributed by atoms with E-state index in [1.807, 2.05) is 72.7 Å². The van der Waals surface area contributed by atoms with Crippen LogP contribution in [0.1, 0.15) is 21.6 Å². The fourth-order valence-electron chi connectivity index (χ4n) is 4.08. The molecule has 0 saturated carbocycles. The van der Waals surface area contributed by atoms with Crippen LogP contribution in [0.3, 0.4) is 0 Å². The molecule has 0 unspecified atom stereocenters. The molecule has 2 amide bonds. The van der Waals surface area contributed by atoms with Gasteiger partial charge in [0.15, 0.2) is 0 Å². The van der Waals surface area contributed by atoms with Gasteiger partial charge in [-0.25, -0.2) is 4.90 Å². The van der Waals surface area contributed by atoms with Gasteiger partial charge in [-0.2, -0.15) is 0 Å². The highest BCUT2D eigenvalue weighted by Crippen LogP contribution is 2.41. The highest BCUT2D eigenvalue weighted by molar-refractivity contribution is 7.11. The molecule has 0 fully saturated rings. The van der Waals surface area contributed by atoms with Crippen LogP contribution >= 0.6 is 11.3 Å². The first-order valence-electron chi connectivity index (χ1n) is 9.66. The lowest BCUT2D eigenvalue weighted by Crippen LogP contribution is -2.35. The Kier molecular flexibility index (Phi) is 4.14. The van der Waals surface area contributed by atoms with Crippen LogP contribution in [-0.2, 0) is 16.0 Å². The summed E-state index contributed by atoms with van der Waals surface area (Å²) in [6.45, 7) is 4.72. The molecule has 0 N–H and O–H groups in total. The van der Waals surface area contributed by atoms with Crippen LogP contribution in [0.5, 0.6) is 0 Å². The third-order valence-corrected chi connectivity index (χ3v) is 6.62. The lowest BCUT2D eigenvalue weighted by atomic mass is 10.1. The molecule has 144 valence electrons. The van der Waals surface area contributed by atoms with Crippen molar-refractivity contribution in [3.63, 3.8) is 0 Å². The summed E-state index contributed by atoms with van der Waals surface area (Å²) in [5, 5.41) is 1.94. The van der Waals surface area contributed by atoms with E-state index in [9.17, 15) is 9.59 Å². The lowest BCUT2D eigenvalue weighted by molar-refractivity contribution is -0.120. The quantitative estimate of drug-likeness (QED) is 0.598. The van der Waals surface area contributed by atoms with Crippen molar-refractivity contribution in [2.24, 2.45) is 0 Å². The maximum Gasteiger partial charge on any atom is 0.282 e. The van der Waals surface area contributed by atoms with Crippen molar-refractivity contribution in [3.05, 3.63) is 87.2 Å². The minimum atomic E-state index is -0.252. The van der Waals surface area contributed by atoms with E-state index < -0.39 is 0 Å². The zero-order valence-electron chi connectivity index (χ0n) is 16.3. The number of hydrogen-bond donors (Lipinski definition) is 0. The standard InChI is InChI=1S/C24H20N2O2S/c1-15-9-10-18(14-16(15)2)26-23(27)21(20-8-5-13-29-20)22(24(26)28)25-12-11-17-6-3-4-7-19(17)25/h3-10,13-14H,11-12H2,1-2H3. The first-order chi connectivity index (χ1) is 14.1. The average Bonchev–Trinajstić information content (AvgIpc) is 3.42. The number of hydrogen-bond acceptors (Lipinski definition) is 4. The molecule has 5 rings (SSSR count). The fourth-order valence-corrected chi connectivity index (χ4v) is 4.84. The fraction of sp³-hybridized carbons (Fsp3) is 0.167. The van der Waals surface area contributed by atoms with E-state index in [0.29, 0.717) is 23.5 Å². The van der Waals surface area contributed by atoms with Crippen LogP contribution in [0.4, 0.5) is 11.4 Å². The number of benzene rings is 2. The molecular weight excluding hydrogens is 380 g/mol. The number of aryl methyl sites for hydroxylation is 2. The molecule has 0 atom stereocenters. The van der Waals surface area contributed by atoms with E-state index >= 15 is 0 Å². The molecule has 0 saturated heterocycles. The second kappa shape index (κ2) is 6.71. The molecule has 0 radical (unpaired) electrons. The molecule has 5 heteroatoms. The Morgan fingerprint density at radius 2 is 1.72 bits per heavy atom. The van der Waals surface area contributed by atoms with Gasteiger partial charge in [0.25, 0.3) is 11.8 Å². The SMILES string of the molecule is Cc1ccc(N2C(=O)C(c3cccs3)=C(N3CCc4ccccc43)C2=O)cc1C. The van der Waals surface area contributed by atoms with E-state index in [2.05, 4.69) is 6.07 Å². The maximum absolute atomic E-state index is 13.6. The van der Waals surface area contributed by atoms with Gasteiger partial charge in [0.05, 0.1) is 11.3 Å². The summed E-state index contributed by atoms with van der Waals surface area (Å²) in [6.07, 6.45) is 0.864. The zero-order chi connectivity index (χ0) is 20.1. The van der Waals surface area contributed by atoms with Crippen LogP contribution in [-0.4, -0.2) is 18.4 Å². The number of rotatable bonds is 3.